The number of anilines is 1. The van der Waals surface area contributed by atoms with Crippen LogP contribution in [0.5, 0.6) is 0 Å². The molecule has 1 aliphatic heterocycles. The lowest BCUT2D eigenvalue weighted by atomic mass is 9.57. The fourth-order valence-corrected chi connectivity index (χ4v) is 7.59. The van der Waals surface area contributed by atoms with Crippen molar-refractivity contribution in [2.24, 2.45) is 23.5 Å². The predicted molar refractivity (Wildman–Crippen MR) is 134 cm³/mol. The second kappa shape index (κ2) is 7.52. The maximum absolute atomic E-state index is 15.5. The molecule has 2 aromatic carbocycles. The number of H-pyrrole nitrogens is 1. The third kappa shape index (κ3) is 2.86. The van der Waals surface area contributed by atoms with Gasteiger partial charge in [0.15, 0.2) is 6.73 Å². The summed E-state index contributed by atoms with van der Waals surface area (Å²) in [4.78, 5) is 11.8. The van der Waals surface area contributed by atoms with Crippen molar-refractivity contribution in [3.05, 3.63) is 53.6 Å². The quantitative estimate of drug-likeness (QED) is 0.368. The number of benzene rings is 2. The molecule has 2 bridgehead atoms. The fourth-order valence-electron chi connectivity index (χ4n) is 7.59. The number of fused-ring (bicyclic) bond motifs is 10. The normalized spacial score (nSPS) is 29.2. The molecule has 2 aromatic heterocycles. The molecule has 0 radical (unpaired) electrons. The number of hydrogen-bond donors (Lipinski definition) is 3. The van der Waals surface area contributed by atoms with Gasteiger partial charge in [-0.15, -0.1) is 0 Å². The lowest BCUT2D eigenvalue weighted by molar-refractivity contribution is -0.148. The second-order valence-corrected chi connectivity index (χ2v) is 11.0. The molecular formula is C27H29FN6O2. The van der Waals surface area contributed by atoms with Crippen molar-refractivity contribution >= 4 is 33.5 Å². The summed E-state index contributed by atoms with van der Waals surface area (Å²) in [7, 11) is 0. The van der Waals surface area contributed by atoms with E-state index in [0.717, 1.165) is 32.9 Å². The van der Waals surface area contributed by atoms with Crippen molar-refractivity contribution in [2.45, 2.75) is 57.3 Å². The van der Waals surface area contributed by atoms with Gasteiger partial charge in [0.1, 0.15) is 11.9 Å². The van der Waals surface area contributed by atoms with Crippen molar-refractivity contribution in [1.82, 2.24) is 20.0 Å². The van der Waals surface area contributed by atoms with Crippen molar-refractivity contribution in [3.63, 3.8) is 0 Å². The number of halogens is 1. The van der Waals surface area contributed by atoms with Gasteiger partial charge in [0.05, 0.1) is 35.2 Å². The van der Waals surface area contributed by atoms with Crippen LogP contribution in [0.1, 0.15) is 50.3 Å². The number of rotatable bonds is 4. The monoisotopic (exact) mass is 488 g/mol. The molecule has 0 amide bonds. The molecule has 2 fully saturated rings. The number of aromatic nitrogens is 4. The number of ether oxygens (including phenoxy) is 1. The number of nitrogens with two attached hydrogens (primary N) is 1. The van der Waals surface area contributed by atoms with Gasteiger partial charge in [-0.3, -0.25) is 9.89 Å². The van der Waals surface area contributed by atoms with Crippen LogP contribution in [-0.4, -0.2) is 32.0 Å². The Morgan fingerprint density at radius 2 is 2.19 bits per heavy atom. The molecule has 7 rings (SSSR count). The Hall–Kier alpha value is -3.46. The van der Waals surface area contributed by atoms with E-state index >= 15 is 4.39 Å². The van der Waals surface area contributed by atoms with Crippen LogP contribution >= 0.6 is 0 Å². The van der Waals surface area contributed by atoms with E-state index < -0.39 is 12.0 Å². The molecule has 36 heavy (non-hydrogen) atoms. The van der Waals surface area contributed by atoms with Gasteiger partial charge in [0.25, 0.3) is 0 Å². The smallest absolute Gasteiger partial charge is 0.324 e. The molecule has 0 spiro atoms. The molecule has 2 aliphatic carbocycles. The summed E-state index contributed by atoms with van der Waals surface area (Å²) >= 11 is 0. The highest BCUT2D eigenvalue weighted by atomic mass is 19.1. The van der Waals surface area contributed by atoms with E-state index in [1.807, 2.05) is 12.3 Å². The van der Waals surface area contributed by atoms with E-state index in [-0.39, 0.29) is 24.0 Å². The minimum absolute atomic E-state index is 0.00857. The number of aromatic amines is 1. The van der Waals surface area contributed by atoms with Gasteiger partial charge in [-0.05, 0) is 67.2 Å². The first kappa shape index (κ1) is 21.8. The Morgan fingerprint density at radius 1 is 1.33 bits per heavy atom. The number of carbonyl (C=O) groups is 1. The fraction of sp³-hybridized carbons (Fsp3) is 0.444. The Labute approximate surface area is 207 Å². The third-order valence-electron chi connectivity index (χ3n) is 9.14. The highest BCUT2D eigenvalue weighted by molar-refractivity contribution is 5.90. The largest absolute Gasteiger partial charge is 0.441 e. The van der Waals surface area contributed by atoms with E-state index in [1.54, 1.807) is 23.9 Å². The Balaban J connectivity index is 1.31. The number of carbonyl (C=O) groups excluding carboxylic acids is 1. The Kier molecular flexibility index (Phi) is 4.55. The third-order valence-corrected chi connectivity index (χ3v) is 9.14. The summed E-state index contributed by atoms with van der Waals surface area (Å²) in [5.41, 5.74) is 9.91. The average molecular weight is 489 g/mol. The van der Waals surface area contributed by atoms with Crippen molar-refractivity contribution in [3.8, 4) is 0 Å². The molecule has 3 unspecified atom stereocenters. The molecule has 9 heteroatoms. The molecule has 186 valence electrons. The van der Waals surface area contributed by atoms with Crippen LogP contribution in [0.2, 0.25) is 0 Å². The van der Waals surface area contributed by atoms with Gasteiger partial charge in [0, 0.05) is 22.3 Å². The highest BCUT2D eigenvalue weighted by Gasteiger charge is 2.62. The van der Waals surface area contributed by atoms with Crippen LogP contribution in [0.25, 0.3) is 21.8 Å². The van der Waals surface area contributed by atoms with Crippen molar-refractivity contribution < 1.29 is 13.9 Å². The maximum atomic E-state index is 15.5. The van der Waals surface area contributed by atoms with E-state index in [4.69, 9.17) is 10.5 Å². The number of esters is 1. The zero-order valence-electron chi connectivity index (χ0n) is 20.3. The van der Waals surface area contributed by atoms with Crippen LogP contribution in [-0.2, 0) is 21.7 Å². The first-order chi connectivity index (χ1) is 17.4. The summed E-state index contributed by atoms with van der Waals surface area (Å²) in [5.74, 6) is 0.765. The van der Waals surface area contributed by atoms with E-state index in [0.29, 0.717) is 23.4 Å². The standard InChI is InChI=1S/C27H29FN6O2/c1-13(29)26(35)36-12-34-21-6-4-15(7-16(21)10-31-34)24-22-14-3-5-17(8-14)27(22,2)23-18-11-30-33-20(18)9-19(28)25(23)32-24/h4,6-7,9-11,13-14,17,22,24,32H,3,5,8,12,29H2,1-2H3,(H,30,33)/t13?,14?,17?,22-,24-,27-/m0/s1. The van der Waals surface area contributed by atoms with Crippen LogP contribution in [0.15, 0.2) is 36.7 Å². The van der Waals surface area contributed by atoms with Crippen LogP contribution in [0.4, 0.5) is 10.1 Å². The molecule has 2 saturated carbocycles. The summed E-state index contributed by atoms with van der Waals surface area (Å²) < 4.78 is 22.4. The van der Waals surface area contributed by atoms with Crippen LogP contribution < -0.4 is 11.1 Å². The Bertz CT molecular complexity index is 1530. The first-order valence-corrected chi connectivity index (χ1v) is 12.7. The molecule has 3 aliphatic rings. The van der Waals surface area contributed by atoms with E-state index in [9.17, 15) is 4.79 Å². The highest BCUT2D eigenvalue weighted by Crippen LogP contribution is 2.68. The topological polar surface area (TPSA) is 111 Å². The zero-order valence-corrected chi connectivity index (χ0v) is 20.3. The summed E-state index contributed by atoms with van der Waals surface area (Å²) in [6.45, 7) is 3.95. The molecule has 8 nitrogen and oxygen atoms in total. The minimum atomic E-state index is -0.682. The second-order valence-electron chi connectivity index (χ2n) is 11.0. The molecular weight excluding hydrogens is 459 g/mol. The van der Waals surface area contributed by atoms with Crippen molar-refractivity contribution in [1.29, 1.82) is 0 Å². The maximum Gasteiger partial charge on any atom is 0.324 e. The number of nitrogens with one attached hydrogen (secondary N) is 2. The lowest BCUT2D eigenvalue weighted by Crippen LogP contribution is -2.47. The lowest BCUT2D eigenvalue weighted by Gasteiger charge is -2.51. The molecule has 4 aromatic rings. The van der Waals surface area contributed by atoms with Crippen LogP contribution in [0, 0.1) is 23.6 Å². The summed E-state index contributed by atoms with van der Waals surface area (Å²) in [6, 6.07) is 7.10. The van der Waals surface area contributed by atoms with E-state index in [2.05, 4.69) is 39.7 Å². The van der Waals surface area contributed by atoms with Gasteiger partial charge in [-0.2, -0.15) is 10.2 Å². The predicted octanol–water partition coefficient (Wildman–Crippen LogP) is 4.37. The Morgan fingerprint density at radius 3 is 3.03 bits per heavy atom. The van der Waals surface area contributed by atoms with Gasteiger partial charge in [-0.25, -0.2) is 9.07 Å². The zero-order chi connectivity index (χ0) is 24.8. The molecule has 0 saturated heterocycles. The van der Waals surface area contributed by atoms with Gasteiger partial charge < -0.3 is 15.8 Å². The van der Waals surface area contributed by atoms with Gasteiger partial charge >= 0.3 is 5.97 Å². The van der Waals surface area contributed by atoms with Gasteiger partial charge in [-0.1, -0.05) is 13.0 Å². The van der Waals surface area contributed by atoms with Crippen LogP contribution in [0.3, 0.4) is 0 Å². The summed E-state index contributed by atoms with van der Waals surface area (Å²) in [6.07, 6.45) is 7.21. The van der Waals surface area contributed by atoms with Crippen molar-refractivity contribution in [2.75, 3.05) is 5.32 Å². The van der Waals surface area contributed by atoms with E-state index in [1.165, 1.54) is 19.3 Å². The molecule has 6 atom stereocenters. The first-order valence-electron chi connectivity index (χ1n) is 12.7. The minimum Gasteiger partial charge on any atom is -0.441 e. The average Bonchev–Trinajstić information content (AvgIpc) is 3.64. The molecule has 3 heterocycles. The summed E-state index contributed by atoms with van der Waals surface area (Å²) in [5, 5.41) is 17.2. The number of nitrogens with zero attached hydrogens (tertiary/aromatic N) is 3. The molecule has 4 N–H and O–H groups in total. The number of hydrogen-bond acceptors (Lipinski definition) is 6. The van der Waals surface area contributed by atoms with Gasteiger partial charge in [0.2, 0.25) is 0 Å². The SMILES string of the molecule is CC(N)C(=O)OCn1ncc2cc([C@@H]3Nc4c(F)cc5[nH]ncc5c4[C@@]4(C)C5CCC(C5)[C@@H]34)ccc21.